The summed E-state index contributed by atoms with van der Waals surface area (Å²) in [5.41, 5.74) is -0.151. The first kappa shape index (κ1) is 15.7. The Kier molecular flexibility index (Phi) is 4.53. The molecule has 0 bridgehead atoms. The quantitative estimate of drug-likeness (QED) is 0.374. The SMILES string of the molecule is O=C(/C=C/c1ccc([O-])c([N+](=O)[O-])c1)c1ccc(F)cc1Cl. The first-order valence-corrected chi connectivity index (χ1v) is 6.39. The number of allylic oxidation sites excluding steroid dienone is 1. The number of carbonyl (C=O) groups is 1. The molecule has 112 valence electrons. The van der Waals surface area contributed by atoms with Gasteiger partial charge in [-0.05, 0) is 35.6 Å². The van der Waals surface area contributed by atoms with Crippen LogP contribution in [-0.4, -0.2) is 10.7 Å². The van der Waals surface area contributed by atoms with E-state index in [2.05, 4.69) is 0 Å². The maximum atomic E-state index is 12.9. The highest BCUT2D eigenvalue weighted by Crippen LogP contribution is 2.24. The molecule has 0 radical (unpaired) electrons. The number of halogens is 2. The summed E-state index contributed by atoms with van der Waals surface area (Å²) in [6.07, 6.45) is 2.46. The Bertz CT molecular complexity index is 789. The molecule has 2 rings (SSSR count). The Balaban J connectivity index is 2.26. The number of nitro groups is 1. The van der Waals surface area contributed by atoms with E-state index in [0.29, 0.717) is 5.56 Å². The summed E-state index contributed by atoms with van der Waals surface area (Å²) < 4.78 is 12.9. The van der Waals surface area contributed by atoms with Crippen LogP contribution in [0.25, 0.3) is 6.08 Å². The summed E-state index contributed by atoms with van der Waals surface area (Å²) in [6, 6.07) is 6.83. The topological polar surface area (TPSA) is 83.3 Å². The Hall–Kier alpha value is -2.73. The molecule has 0 heterocycles. The monoisotopic (exact) mass is 320 g/mol. The summed E-state index contributed by atoms with van der Waals surface area (Å²) in [5.74, 6) is -1.76. The molecule has 0 amide bonds. The highest BCUT2D eigenvalue weighted by atomic mass is 35.5. The molecular weight excluding hydrogens is 313 g/mol. The highest BCUT2D eigenvalue weighted by molar-refractivity contribution is 6.34. The molecule has 0 saturated heterocycles. The van der Waals surface area contributed by atoms with E-state index in [-0.39, 0.29) is 10.6 Å². The van der Waals surface area contributed by atoms with E-state index in [9.17, 15) is 24.4 Å². The van der Waals surface area contributed by atoms with Crippen LogP contribution >= 0.6 is 11.6 Å². The summed E-state index contributed by atoms with van der Waals surface area (Å²) in [7, 11) is 0. The number of hydrogen-bond acceptors (Lipinski definition) is 4. The van der Waals surface area contributed by atoms with Gasteiger partial charge < -0.3 is 5.11 Å². The zero-order valence-corrected chi connectivity index (χ0v) is 11.7. The average molecular weight is 321 g/mol. The number of nitro benzene ring substituents is 1. The fourth-order valence-electron chi connectivity index (χ4n) is 1.73. The zero-order valence-electron chi connectivity index (χ0n) is 11.0. The number of carbonyl (C=O) groups excluding carboxylic acids is 1. The van der Waals surface area contributed by atoms with Crippen LogP contribution in [0.1, 0.15) is 15.9 Å². The molecule has 0 aliphatic rings. The molecule has 7 heteroatoms. The number of rotatable bonds is 4. The molecule has 0 atom stereocenters. The van der Waals surface area contributed by atoms with Crippen molar-refractivity contribution >= 4 is 29.1 Å². The molecule has 0 aromatic heterocycles. The third kappa shape index (κ3) is 3.48. The fourth-order valence-corrected chi connectivity index (χ4v) is 1.99. The van der Waals surface area contributed by atoms with Gasteiger partial charge in [0, 0.05) is 11.6 Å². The van der Waals surface area contributed by atoms with E-state index in [4.69, 9.17) is 11.6 Å². The van der Waals surface area contributed by atoms with E-state index < -0.39 is 28.0 Å². The summed E-state index contributed by atoms with van der Waals surface area (Å²) >= 11 is 5.77. The molecule has 0 fully saturated rings. The van der Waals surface area contributed by atoms with Gasteiger partial charge in [0.15, 0.2) is 5.78 Å². The van der Waals surface area contributed by atoms with E-state index in [1.165, 1.54) is 18.2 Å². The second-order valence-corrected chi connectivity index (χ2v) is 4.71. The van der Waals surface area contributed by atoms with E-state index in [0.717, 1.165) is 30.3 Å². The Morgan fingerprint density at radius 3 is 2.59 bits per heavy atom. The number of ketones is 1. The van der Waals surface area contributed by atoms with Crippen molar-refractivity contribution in [2.24, 2.45) is 0 Å². The van der Waals surface area contributed by atoms with E-state index >= 15 is 0 Å². The van der Waals surface area contributed by atoms with Crippen molar-refractivity contribution in [2.75, 3.05) is 0 Å². The molecule has 0 saturated carbocycles. The van der Waals surface area contributed by atoms with Crippen LogP contribution in [0.4, 0.5) is 10.1 Å². The van der Waals surface area contributed by atoms with Crippen LogP contribution in [0, 0.1) is 15.9 Å². The van der Waals surface area contributed by atoms with Gasteiger partial charge in [-0.3, -0.25) is 14.9 Å². The second-order valence-electron chi connectivity index (χ2n) is 4.31. The Morgan fingerprint density at radius 1 is 1.23 bits per heavy atom. The molecule has 2 aromatic carbocycles. The standard InChI is InChI=1S/C15H9ClFNO4/c16-12-8-10(17)3-4-11(12)14(19)5-1-9-2-6-15(20)13(7-9)18(21)22/h1-8,20H/p-1/b5-1+. The molecule has 0 aliphatic heterocycles. The van der Waals surface area contributed by atoms with Crippen molar-refractivity contribution in [2.45, 2.75) is 0 Å². The minimum absolute atomic E-state index is 0.0319. The lowest BCUT2D eigenvalue weighted by Crippen LogP contribution is -1.98. The summed E-state index contributed by atoms with van der Waals surface area (Å²) in [6.45, 7) is 0. The van der Waals surface area contributed by atoms with Crippen molar-refractivity contribution in [3.8, 4) is 5.75 Å². The fraction of sp³-hybridized carbons (Fsp3) is 0. The summed E-state index contributed by atoms with van der Waals surface area (Å²) in [5, 5.41) is 21.9. The van der Waals surface area contributed by atoms with Crippen LogP contribution in [0.3, 0.4) is 0 Å². The predicted octanol–water partition coefficient (Wildman–Crippen LogP) is 3.36. The van der Waals surface area contributed by atoms with Gasteiger partial charge >= 0.3 is 0 Å². The van der Waals surface area contributed by atoms with Crippen molar-refractivity contribution in [1.29, 1.82) is 0 Å². The predicted molar refractivity (Wildman–Crippen MR) is 77.3 cm³/mol. The maximum Gasteiger partial charge on any atom is 0.262 e. The second kappa shape index (κ2) is 6.36. The van der Waals surface area contributed by atoms with Crippen molar-refractivity contribution < 1.29 is 19.2 Å². The molecule has 0 N–H and O–H groups in total. The third-order valence-corrected chi connectivity index (χ3v) is 3.12. The molecule has 5 nitrogen and oxygen atoms in total. The van der Waals surface area contributed by atoms with Crippen molar-refractivity contribution in [3.05, 3.63) is 74.6 Å². The zero-order chi connectivity index (χ0) is 16.3. The lowest BCUT2D eigenvalue weighted by atomic mass is 10.1. The van der Waals surface area contributed by atoms with Gasteiger partial charge in [-0.2, -0.15) is 0 Å². The van der Waals surface area contributed by atoms with E-state index in [1.807, 2.05) is 0 Å². The average Bonchev–Trinajstić information content (AvgIpc) is 2.45. The minimum Gasteiger partial charge on any atom is -0.868 e. The summed E-state index contributed by atoms with van der Waals surface area (Å²) in [4.78, 5) is 21.8. The van der Waals surface area contributed by atoms with Gasteiger partial charge in [-0.15, -0.1) is 0 Å². The van der Waals surface area contributed by atoms with Crippen LogP contribution in [-0.2, 0) is 0 Å². The van der Waals surface area contributed by atoms with E-state index in [1.54, 1.807) is 0 Å². The molecule has 22 heavy (non-hydrogen) atoms. The van der Waals surface area contributed by atoms with Gasteiger partial charge in [0.05, 0.1) is 9.95 Å². The smallest absolute Gasteiger partial charge is 0.262 e. The van der Waals surface area contributed by atoms with Crippen molar-refractivity contribution in [3.63, 3.8) is 0 Å². The van der Waals surface area contributed by atoms with Gasteiger partial charge in [-0.25, -0.2) is 4.39 Å². The third-order valence-electron chi connectivity index (χ3n) is 2.80. The maximum absolute atomic E-state index is 12.9. The molecule has 0 aliphatic carbocycles. The number of benzene rings is 2. The first-order chi connectivity index (χ1) is 10.4. The normalized spacial score (nSPS) is 10.8. The number of hydrogen-bond donors (Lipinski definition) is 0. The number of nitrogens with zero attached hydrogens (tertiary/aromatic N) is 1. The molecule has 0 unspecified atom stereocenters. The Labute approximate surface area is 129 Å². The minimum atomic E-state index is -0.793. The molecular formula is C15H8ClFNO4-. The molecule has 2 aromatic rings. The van der Waals surface area contributed by atoms with Gasteiger partial charge in [0.25, 0.3) is 5.69 Å². The van der Waals surface area contributed by atoms with Gasteiger partial charge in [0.1, 0.15) is 5.82 Å². The lowest BCUT2D eigenvalue weighted by molar-refractivity contribution is -0.398. The van der Waals surface area contributed by atoms with Gasteiger partial charge in [0.2, 0.25) is 0 Å². The highest BCUT2D eigenvalue weighted by Gasteiger charge is 2.09. The Morgan fingerprint density at radius 2 is 1.95 bits per heavy atom. The van der Waals surface area contributed by atoms with Crippen LogP contribution in [0.5, 0.6) is 5.75 Å². The largest absolute Gasteiger partial charge is 0.868 e. The van der Waals surface area contributed by atoms with Crippen molar-refractivity contribution in [1.82, 2.24) is 0 Å². The van der Waals surface area contributed by atoms with Gasteiger partial charge in [-0.1, -0.05) is 29.8 Å². The van der Waals surface area contributed by atoms with Crippen LogP contribution in [0.15, 0.2) is 42.5 Å². The lowest BCUT2D eigenvalue weighted by Gasteiger charge is -2.06. The first-order valence-electron chi connectivity index (χ1n) is 6.01. The van der Waals surface area contributed by atoms with Crippen LogP contribution < -0.4 is 5.11 Å². The molecule has 0 spiro atoms. The van der Waals surface area contributed by atoms with Crippen LogP contribution in [0.2, 0.25) is 5.02 Å².